The molecule has 5 heteroatoms. The largest absolute Gasteiger partial charge is 0.381 e. The Morgan fingerprint density at radius 3 is 3.11 bits per heavy atom. The molecule has 0 spiro atoms. The van der Waals surface area contributed by atoms with Crippen LogP contribution in [0.3, 0.4) is 0 Å². The standard InChI is InChI=1S/C14H18N4O/c1-4-15-8-11-9-16-14-7-12(17-18(14)13(1)11)10-2-5-19-6-3-10/h7,9-10,15H,1-6,8H2. The lowest BCUT2D eigenvalue weighted by Gasteiger charge is -2.20. The first kappa shape index (κ1) is 11.4. The monoisotopic (exact) mass is 258 g/mol. The molecule has 0 atom stereocenters. The third kappa shape index (κ3) is 1.93. The third-order valence-electron chi connectivity index (χ3n) is 4.18. The van der Waals surface area contributed by atoms with Crippen molar-refractivity contribution in [2.24, 2.45) is 0 Å². The van der Waals surface area contributed by atoms with Crippen LogP contribution >= 0.6 is 0 Å². The summed E-state index contributed by atoms with van der Waals surface area (Å²) in [5.74, 6) is 0.535. The van der Waals surface area contributed by atoms with Gasteiger partial charge in [-0.05, 0) is 12.8 Å². The SMILES string of the molecule is c1nc2cc(C3CCOCC3)nn2c2c1CNCC2. The molecular weight excluding hydrogens is 240 g/mol. The Hall–Kier alpha value is -1.46. The highest BCUT2D eigenvalue weighted by Crippen LogP contribution is 2.27. The van der Waals surface area contributed by atoms with Gasteiger partial charge in [-0.15, -0.1) is 0 Å². The maximum atomic E-state index is 5.43. The van der Waals surface area contributed by atoms with Crippen molar-refractivity contribution in [3.05, 3.63) is 29.2 Å². The molecule has 2 aromatic heterocycles. The number of nitrogens with one attached hydrogen (secondary N) is 1. The number of rotatable bonds is 1. The lowest BCUT2D eigenvalue weighted by Crippen LogP contribution is -2.26. The summed E-state index contributed by atoms with van der Waals surface area (Å²) in [6.07, 6.45) is 5.18. The van der Waals surface area contributed by atoms with E-state index in [0.29, 0.717) is 5.92 Å². The summed E-state index contributed by atoms with van der Waals surface area (Å²) in [6.45, 7) is 3.64. The van der Waals surface area contributed by atoms with Crippen LogP contribution in [0.25, 0.3) is 5.65 Å². The van der Waals surface area contributed by atoms with Crippen molar-refractivity contribution in [1.29, 1.82) is 0 Å². The number of hydrogen-bond acceptors (Lipinski definition) is 4. The first-order valence-corrected chi connectivity index (χ1v) is 7.07. The van der Waals surface area contributed by atoms with Crippen molar-refractivity contribution in [2.45, 2.75) is 31.7 Å². The van der Waals surface area contributed by atoms with Crippen LogP contribution in [0.4, 0.5) is 0 Å². The first-order chi connectivity index (χ1) is 9.42. The lowest BCUT2D eigenvalue weighted by atomic mass is 9.97. The molecule has 2 aliphatic heterocycles. The van der Waals surface area contributed by atoms with Crippen LogP contribution in [-0.2, 0) is 17.7 Å². The predicted octanol–water partition coefficient (Wildman–Crippen LogP) is 1.27. The highest BCUT2D eigenvalue weighted by Gasteiger charge is 2.21. The van der Waals surface area contributed by atoms with E-state index in [1.54, 1.807) is 0 Å². The summed E-state index contributed by atoms with van der Waals surface area (Å²) < 4.78 is 7.48. The Morgan fingerprint density at radius 2 is 2.21 bits per heavy atom. The van der Waals surface area contributed by atoms with Gasteiger partial charge in [0.25, 0.3) is 0 Å². The van der Waals surface area contributed by atoms with E-state index in [1.807, 2.05) is 6.20 Å². The molecule has 0 unspecified atom stereocenters. The van der Waals surface area contributed by atoms with Crippen LogP contribution < -0.4 is 5.32 Å². The zero-order valence-corrected chi connectivity index (χ0v) is 10.9. The van der Waals surface area contributed by atoms with E-state index in [9.17, 15) is 0 Å². The molecule has 0 aliphatic carbocycles. The van der Waals surface area contributed by atoms with Crippen LogP contribution in [0.5, 0.6) is 0 Å². The van der Waals surface area contributed by atoms with Gasteiger partial charge in [0.2, 0.25) is 0 Å². The molecular formula is C14H18N4O. The molecule has 19 heavy (non-hydrogen) atoms. The van der Waals surface area contributed by atoms with E-state index in [2.05, 4.69) is 20.9 Å². The lowest BCUT2D eigenvalue weighted by molar-refractivity contribution is 0.0844. The van der Waals surface area contributed by atoms with Crippen molar-refractivity contribution >= 4 is 5.65 Å². The zero-order valence-electron chi connectivity index (χ0n) is 10.9. The molecule has 4 rings (SSSR count). The van der Waals surface area contributed by atoms with Crippen LogP contribution in [0.2, 0.25) is 0 Å². The molecule has 2 aliphatic rings. The zero-order chi connectivity index (χ0) is 12.7. The van der Waals surface area contributed by atoms with Crippen molar-refractivity contribution in [3.8, 4) is 0 Å². The predicted molar refractivity (Wildman–Crippen MR) is 71.2 cm³/mol. The number of aromatic nitrogens is 3. The van der Waals surface area contributed by atoms with E-state index in [4.69, 9.17) is 9.84 Å². The third-order valence-corrected chi connectivity index (χ3v) is 4.18. The molecule has 0 saturated carbocycles. The van der Waals surface area contributed by atoms with Crippen LogP contribution in [-0.4, -0.2) is 34.4 Å². The Kier molecular flexibility index (Phi) is 2.74. The van der Waals surface area contributed by atoms with Crippen molar-refractivity contribution in [1.82, 2.24) is 19.9 Å². The molecule has 0 amide bonds. The average Bonchev–Trinajstić information content (AvgIpc) is 2.93. The second-order valence-electron chi connectivity index (χ2n) is 5.38. The van der Waals surface area contributed by atoms with Gasteiger partial charge in [0.15, 0.2) is 5.65 Å². The molecule has 0 bridgehead atoms. The fraction of sp³-hybridized carbons (Fsp3) is 0.571. The molecule has 4 heterocycles. The van der Waals surface area contributed by atoms with E-state index in [1.165, 1.54) is 17.0 Å². The van der Waals surface area contributed by atoms with Gasteiger partial charge >= 0.3 is 0 Å². The Balaban J connectivity index is 1.78. The van der Waals surface area contributed by atoms with Gasteiger partial charge in [-0.25, -0.2) is 9.50 Å². The molecule has 0 radical (unpaired) electrons. The summed E-state index contributed by atoms with van der Waals surface area (Å²) in [7, 11) is 0. The smallest absolute Gasteiger partial charge is 0.155 e. The molecule has 0 aromatic carbocycles. The minimum Gasteiger partial charge on any atom is -0.381 e. The first-order valence-electron chi connectivity index (χ1n) is 7.07. The second-order valence-corrected chi connectivity index (χ2v) is 5.38. The van der Waals surface area contributed by atoms with Gasteiger partial charge in [0.05, 0.1) is 11.4 Å². The van der Waals surface area contributed by atoms with Gasteiger partial charge in [0.1, 0.15) is 0 Å². The average molecular weight is 258 g/mol. The number of ether oxygens (including phenoxy) is 1. The molecule has 1 saturated heterocycles. The van der Waals surface area contributed by atoms with Crippen molar-refractivity contribution < 1.29 is 4.74 Å². The molecule has 1 N–H and O–H groups in total. The normalized spacial score (nSPS) is 20.6. The molecule has 100 valence electrons. The number of hydrogen-bond donors (Lipinski definition) is 1. The van der Waals surface area contributed by atoms with E-state index in [-0.39, 0.29) is 0 Å². The molecule has 5 nitrogen and oxygen atoms in total. The van der Waals surface area contributed by atoms with Crippen LogP contribution in [0.15, 0.2) is 12.3 Å². The minimum absolute atomic E-state index is 0.535. The van der Waals surface area contributed by atoms with E-state index < -0.39 is 0 Å². The Bertz CT molecular complexity index is 601. The van der Waals surface area contributed by atoms with Crippen LogP contribution in [0.1, 0.15) is 35.7 Å². The summed E-state index contributed by atoms with van der Waals surface area (Å²) in [6, 6.07) is 2.15. The maximum absolute atomic E-state index is 5.43. The van der Waals surface area contributed by atoms with E-state index >= 15 is 0 Å². The number of nitrogens with zero attached hydrogens (tertiary/aromatic N) is 3. The van der Waals surface area contributed by atoms with Crippen LogP contribution in [0, 0.1) is 0 Å². The minimum atomic E-state index is 0.535. The fourth-order valence-electron chi connectivity index (χ4n) is 3.07. The quantitative estimate of drug-likeness (QED) is 0.837. The van der Waals surface area contributed by atoms with Gasteiger partial charge in [0, 0.05) is 56.5 Å². The summed E-state index contributed by atoms with van der Waals surface area (Å²) in [5, 5.41) is 8.20. The van der Waals surface area contributed by atoms with Gasteiger partial charge in [-0.2, -0.15) is 5.10 Å². The Labute approximate surface area is 112 Å². The number of fused-ring (bicyclic) bond motifs is 3. The Morgan fingerprint density at radius 1 is 1.32 bits per heavy atom. The summed E-state index contributed by atoms with van der Waals surface area (Å²) in [5.41, 5.74) is 4.77. The van der Waals surface area contributed by atoms with Gasteiger partial charge in [-0.3, -0.25) is 0 Å². The van der Waals surface area contributed by atoms with E-state index in [0.717, 1.165) is 51.2 Å². The second kappa shape index (κ2) is 4.58. The summed E-state index contributed by atoms with van der Waals surface area (Å²) >= 11 is 0. The topological polar surface area (TPSA) is 51.5 Å². The maximum Gasteiger partial charge on any atom is 0.155 e. The molecule has 2 aromatic rings. The van der Waals surface area contributed by atoms with Gasteiger partial charge in [-0.1, -0.05) is 0 Å². The highest BCUT2D eigenvalue weighted by molar-refractivity contribution is 5.43. The summed E-state index contributed by atoms with van der Waals surface area (Å²) in [4.78, 5) is 4.54. The fourth-order valence-corrected chi connectivity index (χ4v) is 3.07. The van der Waals surface area contributed by atoms with Crippen molar-refractivity contribution in [2.75, 3.05) is 19.8 Å². The van der Waals surface area contributed by atoms with Crippen molar-refractivity contribution in [3.63, 3.8) is 0 Å². The van der Waals surface area contributed by atoms with Gasteiger partial charge < -0.3 is 10.1 Å². The highest BCUT2D eigenvalue weighted by atomic mass is 16.5. The molecule has 1 fully saturated rings.